The molecular formula is C17H25BrO. The van der Waals surface area contributed by atoms with Crippen LogP contribution in [-0.2, 0) is 6.42 Å². The van der Waals surface area contributed by atoms with Crippen LogP contribution in [0.5, 0.6) is 5.75 Å². The van der Waals surface area contributed by atoms with Gasteiger partial charge >= 0.3 is 0 Å². The predicted molar refractivity (Wildman–Crippen MR) is 85.2 cm³/mol. The second-order valence-corrected chi connectivity index (χ2v) is 8.58. The minimum Gasteiger partial charge on any atom is -0.487 e. The molecule has 1 heterocycles. The Labute approximate surface area is 125 Å². The molecule has 1 aliphatic rings. The van der Waals surface area contributed by atoms with Gasteiger partial charge in [-0.05, 0) is 49.3 Å². The number of fused-ring (bicyclic) bond motifs is 1. The summed E-state index contributed by atoms with van der Waals surface area (Å²) in [5, 5.41) is 0. The molecule has 0 radical (unpaired) electrons. The highest BCUT2D eigenvalue weighted by Gasteiger charge is 2.30. The molecule has 0 fully saturated rings. The third-order valence-corrected chi connectivity index (χ3v) is 4.58. The van der Waals surface area contributed by atoms with Crippen molar-refractivity contribution >= 4 is 15.9 Å². The SMILES string of the molecule is CC(C)(C)CCC(Br)c1ccc2c(c1)CC(C)(C)O2. The molecule has 1 nitrogen and oxygen atoms in total. The lowest BCUT2D eigenvalue weighted by Crippen LogP contribution is -2.24. The van der Waals surface area contributed by atoms with Crippen LogP contribution in [0.1, 0.15) is 63.4 Å². The molecule has 2 rings (SSSR count). The van der Waals surface area contributed by atoms with Gasteiger partial charge in [0.25, 0.3) is 0 Å². The third-order valence-electron chi connectivity index (χ3n) is 3.60. The Morgan fingerprint density at radius 2 is 2.00 bits per heavy atom. The average Bonchev–Trinajstić information content (AvgIpc) is 2.57. The number of benzene rings is 1. The maximum absolute atomic E-state index is 5.93. The van der Waals surface area contributed by atoms with Gasteiger partial charge in [0.2, 0.25) is 0 Å². The largest absolute Gasteiger partial charge is 0.487 e. The molecule has 0 aromatic heterocycles. The van der Waals surface area contributed by atoms with Crippen molar-refractivity contribution in [2.75, 3.05) is 0 Å². The molecule has 0 N–H and O–H groups in total. The van der Waals surface area contributed by atoms with E-state index in [1.807, 2.05) is 0 Å². The number of ether oxygens (including phenoxy) is 1. The van der Waals surface area contributed by atoms with Gasteiger partial charge in [0.1, 0.15) is 11.4 Å². The van der Waals surface area contributed by atoms with Crippen LogP contribution in [0.15, 0.2) is 18.2 Å². The van der Waals surface area contributed by atoms with E-state index in [1.165, 1.54) is 24.0 Å². The Bertz CT molecular complexity index is 457. The van der Waals surface area contributed by atoms with E-state index < -0.39 is 0 Å². The van der Waals surface area contributed by atoms with Crippen LogP contribution < -0.4 is 4.74 Å². The first kappa shape index (κ1) is 14.9. The average molecular weight is 325 g/mol. The monoisotopic (exact) mass is 324 g/mol. The maximum atomic E-state index is 5.93. The molecule has 0 saturated carbocycles. The Balaban J connectivity index is 2.07. The van der Waals surface area contributed by atoms with Crippen LogP contribution in [0.3, 0.4) is 0 Å². The molecule has 1 aliphatic heterocycles. The van der Waals surface area contributed by atoms with Crippen LogP contribution >= 0.6 is 15.9 Å². The summed E-state index contributed by atoms with van der Waals surface area (Å²) in [5.74, 6) is 1.06. The quantitative estimate of drug-likeness (QED) is 0.651. The molecule has 1 aromatic rings. The fourth-order valence-corrected chi connectivity index (χ4v) is 3.06. The highest BCUT2D eigenvalue weighted by atomic mass is 79.9. The van der Waals surface area contributed by atoms with Crippen molar-refractivity contribution in [3.05, 3.63) is 29.3 Å². The molecule has 19 heavy (non-hydrogen) atoms. The van der Waals surface area contributed by atoms with E-state index in [1.54, 1.807) is 0 Å². The Morgan fingerprint density at radius 1 is 1.32 bits per heavy atom. The summed E-state index contributed by atoms with van der Waals surface area (Å²) in [6, 6.07) is 6.64. The van der Waals surface area contributed by atoms with E-state index in [0.717, 1.165) is 12.2 Å². The van der Waals surface area contributed by atoms with Gasteiger partial charge in [-0.1, -0.05) is 48.8 Å². The molecule has 1 atom stereocenters. The smallest absolute Gasteiger partial charge is 0.123 e. The molecule has 1 aromatic carbocycles. The van der Waals surface area contributed by atoms with Crippen LogP contribution in [0.4, 0.5) is 0 Å². The molecule has 0 spiro atoms. The van der Waals surface area contributed by atoms with Gasteiger partial charge in [-0.3, -0.25) is 0 Å². The standard InChI is InChI=1S/C17H25BrO/c1-16(2,3)9-8-14(18)12-6-7-15-13(10-12)11-17(4,5)19-15/h6-7,10,14H,8-9,11H2,1-5H3. The van der Waals surface area contributed by atoms with Crippen molar-refractivity contribution in [3.8, 4) is 5.75 Å². The highest BCUT2D eigenvalue weighted by molar-refractivity contribution is 9.09. The lowest BCUT2D eigenvalue weighted by molar-refractivity contribution is 0.138. The van der Waals surface area contributed by atoms with Crippen LogP contribution in [0.2, 0.25) is 0 Å². The minimum atomic E-state index is -0.0474. The molecule has 1 unspecified atom stereocenters. The highest BCUT2D eigenvalue weighted by Crippen LogP contribution is 2.39. The first-order valence-corrected chi connectivity index (χ1v) is 8.04. The van der Waals surface area contributed by atoms with Crippen molar-refractivity contribution in [2.45, 2.75) is 64.3 Å². The summed E-state index contributed by atoms with van der Waals surface area (Å²) < 4.78 is 5.93. The number of halogens is 1. The van der Waals surface area contributed by atoms with Gasteiger partial charge < -0.3 is 4.74 Å². The maximum Gasteiger partial charge on any atom is 0.123 e. The van der Waals surface area contributed by atoms with Crippen LogP contribution in [0.25, 0.3) is 0 Å². The fraction of sp³-hybridized carbons (Fsp3) is 0.647. The van der Waals surface area contributed by atoms with E-state index in [2.05, 4.69) is 68.7 Å². The number of rotatable bonds is 3. The van der Waals surface area contributed by atoms with Gasteiger partial charge in [-0.15, -0.1) is 0 Å². The third kappa shape index (κ3) is 3.98. The normalized spacial score (nSPS) is 18.8. The first-order chi connectivity index (χ1) is 8.66. The first-order valence-electron chi connectivity index (χ1n) is 7.12. The topological polar surface area (TPSA) is 9.23 Å². The van der Waals surface area contributed by atoms with E-state index in [4.69, 9.17) is 4.74 Å². The summed E-state index contributed by atoms with van der Waals surface area (Å²) in [4.78, 5) is 0.445. The molecule has 0 saturated heterocycles. The molecule has 106 valence electrons. The minimum absolute atomic E-state index is 0.0474. The van der Waals surface area contributed by atoms with Crippen molar-refractivity contribution in [1.82, 2.24) is 0 Å². The summed E-state index contributed by atoms with van der Waals surface area (Å²) in [5.41, 5.74) is 3.08. The lowest BCUT2D eigenvalue weighted by atomic mass is 9.88. The van der Waals surface area contributed by atoms with Gasteiger partial charge in [0, 0.05) is 11.2 Å². The fourth-order valence-electron chi connectivity index (χ4n) is 2.55. The van der Waals surface area contributed by atoms with E-state index in [0.29, 0.717) is 10.2 Å². The van der Waals surface area contributed by atoms with Crippen molar-refractivity contribution in [3.63, 3.8) is 0 Å². The summed E-state index contributed by atoms with van der Waals surface area (Å²) >= 11 is 3.83. The van der Waals surface area contributed by atoms with Crippen molar-refractivity contribution in [2.24, 2.45) is 5.41 Å². The van der Waals surface area contributed by atoms with Gasteiger partial charge in [0.15, 0.2) is 0 Å². The van der Waals surface area contributed by atoms with Gasteiger partial charge in [-0.25, -0.2) is 0 Å². The molecule has 0 aliphatic carbocycles. The summed E-state index contributed by atoms with van der Waals surface area (Å²) in [6.07, 6.45) is 3.41. The Kier molecular flexibility index (Phi) is 4.02. The Morgan fingerprint density at radius 3 is 2.63 bits per heavy atom. The second kappa shape index (κ2) is 5.12. The zero-order valence-corrected chi connectivity index (χ0v) is 14.3. The molecule has 0 amide bonds. The van der Waals surface area contributed by atoms with Crippen LogP contribution in [0, 0.1) is 5.41 Å². The zero-order chi connectivity index (χ0) is 14.3. The van der Waals surface area contributed by atoms with Gasteiger partial charge in [-0.2, -0.15) is 0 Å². The number of hydrogen-bond donors (Lipinski definition) is 0. The van der Waals surface area contributed by atoms with E-state index >= 15 is 0 Å². The lowest BCUT2D eigenvalue weighted by Gasteiger charge is -2.20. The Hall–Kier alpha value is -0.500. The van der Waals surface area contributed by atoms with E-state index in [-0.39, 0.29) is 5.60 Å². The predicted octanol–water partition coefficient (Wildman–Crippen LogP) is 5.66. The van der Waals surface area contributed by atoms with E-state index in [9.17, 15) is 0 Å². The van der Waals surface area contributed by atoms with Crippen molar-refractivity contribution < 1.29 is 4.74 Å². The second-order valence-electron chi connectivity index (χ2n) is 7.47. The van der Waals surface area contributed by atoms with Crippen molar-refractivity contribution in [1.29, 1.82) is 0 Å². The van der Waals surface area contributed by atoms with Gasteiger partial charge in [0.05, 0.1) is 0 Å². The molecule has 2 heteroatoms. The summed E-state index contributed by atoms with van der Waals surface area (Å²) in [6.45, 7) is 11.2. The number of hydrogen-bond acceptors (Lipinski definition) is 1. The number of alkyl halides is 1. The zero-order valence-electron chi connectivity index (χ0n) is 12.7. The molecular weight excluding hydrogens is 300 g/mol. The summed E-state index contributed by atoms with van der Waals surface area (Å²) in [7, 11) is 0. The van der Waals surface area contributed by atoms with Crippen LogP contribution in [-0.4, -0.2) is 5.60 Å². The molecule has 0 bridgehead atoms.